The highest BCUT2D eigenvalue weighted by Crippen LogP contribution is 2.41. The Morgan fingerprint density at radius 1 is 0.358 bits per heavy atom. The molecule has 0 atom stereocenters. The van der Waals surface area contributed by atoms with Crippen LogP contribution in [0.15, 0.2) is 261 Å². The van der Waals surface area contributed by atoms with E-state index in [4.69, 9.17) is 5.41 Å². The van der Waals surface area contributed by atoms with Crippen LogP contribution in [0.5, 0.6) is 0 Å². The van der Waals surface area contributed by atoms with Crippen LogP contribution in [0.4, 0.5) is 0 Å². The minimum Gasteiger partial charge on any atom is -0.317 e. The van der Waals surface area contributed by atoms with Crippen LogP contribution in [0.25, 0.3) is 71.3 Å². The predicted octanol–water partition coefficient (Wildman–Crippen LogP) is 17.7. The van der Waals surface area contributed by atoms with Gasteiger partial charge in [0, 0.05) is 0 Å². The third kappa shape index (κ3) is 9.98. The Balaban J connectivity index is 0.000000568. The Bertz CT molecular complexity index is 3400. The molecule has 11 aromatic rings. The molecule has 0 saturated heterocycles. The van der Waals surface area contributed by atoms with Gasteiger partial charge in [-0.15, -0.1) is 0 Å². The molecule has 0 spiro atoms. The smallest absolute Gasteiger partial charge is 0.00196 e. The monoisotopic (exact) mass is 859 g/mol. The minimum absolute atomic E-state index is 0.882. The van der Waals surface area contributed by atoms with Gasteiger partial charge in [0.1, 0.15) is 0 Å². The SMILES string of the molecule is C(/Cc1ccccc1)=C(/c1ccccc1)c1ccc(-c2ccc(-c3ccc(-c4ccc(Cc5cccc6ccccc56)cc4)c4ccccc34)c3ccccc23)cc1.C=N.Cc1ccccc1. The molecule has 0 aliphatic rings. The summed E-state index contributed by atoms with van der Waals surface area (Å²) in [7, 11) is 0. The maximum Gasteiger partial charge on any atom is -0.00196 e. The summed E-state index contributed by atoms with van der Waals surface area (Å²) in [5.74, 6) is 0. The first-order chi connectivity index (χ1) is 33.2. The third-order valence-corrected chi connectivity index (χ3v) is 12.6. The largest absolute Gasteiger partial charge is 0.317 e. The molecule has 11 rings (SSSR count). The van der Waals surface area contributed by atoms with Crippen LogP contribution in [-0.4, -0.2) is 6.72 Å². The summed E-state index contributed by atoms with van der Waals surface area (Å²) in [6, 6.07) is 92.3. The van der Waals surface area contributed by atoms with Gasteiger partial charge >= 0.3 is 0 Å². The van der Waals surface area contributed by atoms with Crippen molar-refractivity contribution < 1.29 is 0 Å². The number of allylic oxidation sites excluding steroid dienone is 1. The lowest BCUT2D eigenvalue weighted by molar-refractivity contribution is 1.21. The average Bonchev–Trinajstić information content (AvgIpc) is 3.40. The van der Waals surface area contributed by atoms with Gasteiger partial charge in [-0.1, -0.05) is 266 Å². The summed E-state index contributed by atoms with van der Waals surface area (Å²) in [4.78, 5) is 0. The second-order valence-corrected chi connectivity index (χ2v) is 16.8. The molecular formula is C66H53N. The highest BCUT2D eigenvalue weighted by Gasteiger charge is 2.15. The fourth-order valence-corrected chi connectivity index (χ4v) is 9.26. The number of fused-ring (bicyclic) bond motifs is 3. The normalized spacial score (nSPS) is 11.1. The number of aryl methyl sites for hydroxylation is 1. The van der Waals surface area contributed by atoms with E-state index < -0.39 is 0 Å². The Hall–Kier alpha value is -8.39. The van der Waals surface area contributed by atoms with Gasteiger partial charge in [0.25, 0.3) is 0 Å². The van der Waals surface area contributed by atoms with Gasteiger partial charge in [-0.05, 0) is 126 Å². The topological polar surface area (TPSA) is 23.9 Å². The summed E-state index contributed by atoms with van der Waals surface area (Å²) in [5, 5.41) is 13.2. The van der Waals surface area contributed by atoms with Gasteiger partial charge in [-0.25, -0.2) is 0 Å². The molecule has 0 unspecified atom stereocenters. The van der Waals surface area contributed by atoms with E-state index in [9.17, 15) is 0 Å². The van der Waals surface area contributed by atoms with Crippen molar-refractivity contribution in [2.45, 2.75) is 19.8 Å². The number of rotatable bonds is 9. The Morgan fingerprint density at radius 2 is 0.776 bits per heavy atom. The first-order valence-corrected chi connectivity index (χ1v) is 23.0. The molecule has 0 aliphatic heterocycles. The molecule has 0 aromatic heterocycles. The zero-order valence-electron chi connectivity index (χ0n) is 37.9. The van der Waals surface area contributed by atoms with Crippen molar-refractivity contribution in [2.75, 3.05) is 0 Å². The maximum atomic E-state index is 5.50. The number of nitrogens with one attached hydrogen (secondary N) is 1. The molecule has 1 nitrogen and oxygen atoms in total. The first-order valence-electron chi connectivity index (χ1n) is 23.0. The fourth-order valence-electron chi connectivity index (χ4n) is 9.26. The van der Waals surface area contributed by atoms with Crippen molar-refractivity contribution in [3.05, 3.63) is 294 Å². The van der Waals surface area contributed by atoms with E-state index in [1.54, 1.807) is 0 Å². The van der Waals surface area contributed by atoms with Crippen LogP contribution >= 0.6 is 0 Å². The van der Waals surface area contributed by atoms with Crippen molar-refractivity contribution in [3.63, 3.8) is 0 Å². The molecule has 1 heteroatoms. The Morgan fingerprint density at radius 3 is 1.31 bits per heavy atom. The van der Waals surface area contributed by atoms with Gasteiger partial charge in [0.15, 0.2) is 0 Å². The summed E-state index contributed by atoms with van der Waals surface area (Å²) in [6.45, 7) is 4.58. The average molecular weight is 860 g/mol. The summed E-state index contributed by atoms with van der Waals surface area (Å²) >= 11 is 0. The quantitative estimate of drug-likeness (QED) is 0.140. The maximum absolute atomic E-state index is 5.50. The fraction of sp³-hybridized carbons (Fsp3) is 0.0455. The number of hydrogen-bond donors (Lipinski definition) is 1. The Labute approximate surface area is 395 Å². The van der Waals surface area contributed by atoms with E-state index in [1.165, 1.54) is 105 Å². The highest BCUT2D eigenvalue weighted by atomic mass is 14.2. The van der Waals surface area contributed by atoms with E-state index in [0.29, 0.717) is 0 Å². The molecule has 0 heterocycles. The molecule has 0 radical (unpaired) electrons. The lowest BCUT2D eigenvalue weighted by atomic mass is 9.87. The van der Waals surface area contributed by atoms with E-state index in [1.807, 2.05) is 18.2 Å². The molecule has 0 bridgehead atoms. The molecule has 11 aromatic carbocycles. The Kier molecular flexibility index (Phi) is 13.8. The molecular weight excluding hydrogens is 807 g/mol. The molecule has 1 N–H and O–H groups in total. The van der Waals surface area contributed by atoms with Crippen molar-refractivity contribution in [3.8, 4) is 33.4 Å². The second kappa shape index (κ2) is 21.1. The predicted molar refractivity (Wildman–Crippen MR) is 289 cm³/mol. The molecule has 67 heavy (non-hydrogen) atoms. The van der Waals surface area contributed by atoms with Gasteiger partial charge in [-0.3, -0.25) is 0 Å². The standard InChI is InChI=1S/C58H42.C7H8.CH3N/c1-3-14-41(15-4-1)28-35-50(43-16-5-2-6-17-43)45-31-33-47(34-32-45)52-37-39-58(56-25-12-10-23-54(52)56)57-38-36-51(53-22-9-11-24-55(53)57)46-29-26-42(27-30-46)40-48-20-13-19-44-18-7-8-21-49(44)48;1-7-5-3-2-4-6-7;1-2/h1-27,29-39H,28,40H2;2-6H,1H3;2H,1H2/b50-35+;;. The van der Waals surface area contributed by atoms with Crippen molar-refractivity contribution >= 4 is 44.6 Å². The number of hydrogen-bond acceptors (Lipinski definition) is 1. The van der Waals surface area contributed by atoms with E-state index >= 15 is 0 Å². The van der Waals surface area contributed by atoms with Crippen LogP contribution in [0, 0.1) is 12.3 Å². The summed E-state index contributed by atoms with van der Waals surface area (Å²) in [5.41, 5.74) is 16.5. The second-order valence-electron chi connectivity index (χ2n) is 16.8. The first kappa shape index (κ1) is 43.8. The molecule has 0 fully saturated rings. The minimum atomic E-state index is 0.882. The molecule has 0 saturated carbocycles. The van der Waals surface area contributed by atoms with E-state index in [2.05, 4.69) is 256 Å². The van der Waals surface area contributed by atoms with Crippen molar-refractivity contribution in [1.29, 1.82) is 5.41 Å². The van der Waals surface area contributed by atoms with Crippen molar-refractivity contribution in [1.82, 2.24) is 0 Å². The highest BCUT2D eigenvalue weighted by molar-refractivity contribution is 6.12. The summed E-state index contributed by atoms with van der Waals surface area (Å²) < 4.78 is 0. The van der Waals surface area contributed by atoms with E-state index in [-0.39, 0.29) is 0 Å². The lowest BCUT2D eigenvalue weighted by Crippen LogP contribution is -1.92. The molecule has 0 aliphatic carbocycles. The summed E-state index contributed by atoms with van der Waals surface area (Å²) in [6.07, 6.45) is 4.16. The van der Waals surface area contributed by atoms with E-state index in [0.717, 1.165) is 12.8 Å². The zero-order valence-corrected chi connectivity index (χ0v) is 37.9. The molecule has 322 valence electrons. The van der Waals surface area contributed by atoms with Gasteiger partial charge < -0.3 is 5.41 Å². The van der Waals surface area contributed by atoms with Crippen LogP contribution < -0.4 is 0 Å². The van der Waals surface area contributed by atoms with Gasteiger partial charge in [0.05, 0.1) is 0 Å². The van der Waals surface area contributed by atoms with Gasteiger partial charge in [0.2, 0.25) is 0 Å². The number of benzene rings is 11. The van der Waals surface area contributed by atoms with Crippen LogP contribution in [0.1, 0.15) is 33.4 Å². The van der Waals surface area contributed by atoms with Crippen molar-refractivity contribution in [2.24, 2.45) is 0 Å². The van der Waals surface area contributed by atoms with Crippen LogP contribution in [0.2, 0.25) is 0 Å². The third-order valence-electron chi connectivity index (χ3n) is 12.6. The zero-order chi connectivity index (χ0) is 45.8. The lowest BCUT2D eigenvalue weighted by Gasteiger charge is -2.16. The van der Waals surface area contributed by atoms with Crippen LogP contribution in [-0.2, 0) is 12.8 Å². The van der Waals surface area contributed by atoms with Gasteiger partial charge in [-0.2, -0.15) is 0 Å². The van der Waals surface area contributed by atoms with Crippen LogP contribution in [0.3, 0.4) is 0 Å². The molecule has 0 amide bonds.